The van der Waals surface area contributed by atoms with Crippen LogP contribution < -0.4 is 11.0 Å². The number of nitrogens with zero attached hydrogens (tertiary/aromatic N) is 2. The molecule has 0 unspecified atom stereocenters. The molecule has 2 aromatic carbocycles. The van der Waals surface area contributed by atoms with Crippen molar-refractivity contribution >= 4 is 22.6 Å². The molecule has 4 rings (SSSR count). The van der Waals surface area contributed by atoms with Gasteiger partial charge < -0.3 is 15.3 Å². The molecule has 0 aliphatic carbocycles. The molecule has 3 N–H and O–H groups in total. The predicted molar refractivity (Wildman–Crippen MR) is 104 cm³/mol. The summed E-state index contributed by atoms with van der Waals surface area (Å²) in [6.07, 6.45) is 0.228. The van der Waals surface area contributed by atoms with E-state index in [1.807, 2.05) is 48.9 Å². The zero-order valence-electron chi connectivity index (χ0n) is 15.0. The number of amides is 1. The number of H-pyrrole nitrogens is 2. The van der Waals surface area contributed by atoms with Gasteiger partial charge in [-0.15, -0.1) is 0 Å². The number of hydrogen-bond donors (Lipinski definition) is 3. The first-order chi connectivity index (χ1) is 13.0. The van der Waals surface area contributed by atoms with Gasteiger partial charge in [0.05, 0.1) is 28.8 Å². The number of rotatable bonds is 4. The van der Waals surface area contributed by atoms with E-state index in [4.69, 9.17) is 0 Å². The molecule has 0 aliphatic heterocycles. The van der Waals surface area contributed by atoms with Crippen LogP contribution in [-0.2, 0) is 11.2 Å². The largest absolute Gasteiger partial charge is 0.326 e. The van der Waals surface area contributed by atoms with Crippen molar-refractivity contribution in [3.63, 3.8) is 0 Å². The molecule has 136 valence electrons. The van der Waals surface area contributed by atoms with Crippen molar-refractivity contribution in [2.24, 2.45) is 0 Å². The average Bonchev–Trinajstić information content (AvgIpc) is 3.15. The standard InChI is InChI=1S/C20H19N5O2/c1-12-16(13(2)25(24-12)15-6-4-3-5-7-15)11-19(26)21-14-8-9-17-18(10-14)23-20(27)22-17/h3-10H,11H2,1-2H3,(H,21,26)(H2,22,23,27). The molecule has 0 saturated heterocycles. The molecule has 0 radical (unpaired) electrons. The number of aryl methyl sites for hydroxylation is 1. The van der Waals surface area contributed by atoms with Crippen LogP contribution in [0.5, 0.6) is 0 Å². The van der Waals surface area contributed by atoms with Gasteiger partial charge in [0.15, 0.2) is 0 Å². The zero-order valence-corrected chi connectivity index (χ0v) is 15.0. The molecule has 0 spiro atoms. The van der Waals surface area contributed by atoms with E-state index in [0.29, 0.717) is 16.7 Å². The van der Waals surface area contributed by atoms with E-state index < -0.39 is 0 Å². The maximum Gasteiger partial charge on any atom is 0.323 e. The van der Waals surface area contributed by atoms with Crippen LogP contribution in [-0.4, -0.2) is 25.7 Å². The van der Waals surface area contributed by atoms with Crippen molar-refractivity contribution in [2.45, 2.75) is 20.3 Å². The molecule has 7 nitrogen and oxygen atoms in total. The van der Waals surface area contributed by atoms with Gasteiger partial charge in [0, 0.05) is 16.9 Å². The van der Waals surface area contributed by atoms with Gasteiger partial charge in [-0.2, -0.15) is 5.10 Å². The maximum atomic E-state index is 12.5. The number of imidazole rings is 1. The van der Waals surface area contributed by atoms with Crippen LogP contribution in [0, 0.1) is 13.8 Å². The van der Waals surface area contributed by atoms with Crippen LogP contribution in [0.2, 0.25) is 0 Å². The first-order valence-electron chi connectivity index (χ1n) is 8.63. The SMILES string of the molecule is Cc1nn(-c2ccccc2)c(C)c1CC(=O)Nc1ccc2[nH]c(=O)[nH]c2c1. The van der Waals surface area contributed by atoms with Crippen LogP contribution in [0.1, 0.15) is 17.0 Å². The summed E-state index contributed by atoms with van der Waals surface area (Å²) in [7, 11) is 0. The molecular weight excluding hydrogens is 342 g/mol. The first kappa shape index (κ1) is 16.8. The Balaban J connectivity index is 1.55. The zero-order chi connectivity index (χ0) is 19.0. The highest BCUT2D eigenvalue weighted by atomic mass is 16.1. The third kappa shape index (κ3) is 3.27. The Morgan fingerprint density at radius 2 is 1.81 bits per heavy atom. The Labute approximate surface area is 155 Å². The fourth-order valence-electron chi connectivity index (χ4n) is 3.23. The molecule has 0 aliphatic rings. The van der Waals surface area contributed by atoms with Gasteiger partial charge in [0.2, 0.25) is 5.91 Å². The first-order valence-corrected chi connectivity index (χ1v) is 8.63. The lowest BCUT2D eigenvalue weighted by atomic mass is 10.1. The fourth-order valence-corrected chi connectivity index (χ4v) is 3.23. The number of aromatic amines is 2. The van der Waals surface area contributed by atoms with Crippen LogP contribution >= 0.6 is 0 Å². The molecule has 2 heterocycles. The van der Waals surface area contributed by atoms with Gasteiger partial charge >= 0.3 is 5.69 Å². The predicted octanol–water partition coefficient (Wildman–Crippen LogP) is 2.84. The Morgan fingerprint density at radius 1 is 1.07 bits per heavy atom. The van der Waals surface area contributed by atoms with Gasteiger partial charge in [0.25, 0.3) is 0 Å². The lowest BCUT2D eigenvalue weighted by Crippen LogP contribution is -2.15. The molecule has 0 saturated carbocycles. The number of carbonyl (C=O) groups excluding carboxylic acids is 1. The van der Waals surface area contributed by atoms with Gasteiger partial charge in [-0.25, -0.2) is 9.48 Å². The Bertz CT molecular complexity index is 1180. The molecule has 0 bridgehead atoms. The van der Waals surface area contributed by atoms with E-state index in [-0.39, 0.29) is 18.0 Å². The minimum absolute atomic E-state index is 0.133. The second kappa shape index (κ2) is 6.60. The Morgan fingerprint density at radius 3 is 2.59 bits per heavy atom. The second-order valence-corrected chi connectivity index (χ2v) is 6.46. The third-order valence-corrected chi connectivity index (χ3v) is 4.58. The van der Waals surface area contributed by atoms with Crippen molar-refractivity contribution in [2.75, 3.05) is 5.32 Å². The summed E-state index contributed by atoms with van der Waals surface area (Å²) in [4.78, 5) is 29.3. The highest BCUT2D eigenvalue weighted by Crippen LogP contribution is 2.20. The number of nitrogens with one attached hydrogen (secondary N) is 3. The molecule has 4 aromatic rings. The Hall–Kier alpha value is -3.61. The number of carbonyl (C=O) groups is 1. The molecule has 0 atom stereocenters. The minimum Gasteiger partial charge on any atom is -0.326 e. The quantitative estimate of drug-likeness (QED) is 0.521. The van der Waals surface area contributed by atoms with Crippen molar-refractivity contribution in [1.29, 1.82) is 0 Å². The van der Waals surface area contributed by atoms with Crippen molar-refractivity contribution < 1.29 is 4.79 Å². The minimum atomic E-state index is -0.270. The molecule has 2 aromatic heterocycles. The number of hydrogen-bond acceptors (Lipinski definition) is 3. The summed E-state index contributed by atoms with van der Waals surface area (Å²) in [5.41, 5.74) is 5.37. The summed E-state index contributed by atoms with van der Waals surface area (Å²) in [6, 6.07) is 15.1. The smallest absolute Gasteiger partial charge is 0.323 e. The number of aromatic nitrogens is 4. The van der Waals surface area contributed by atoms with Crippen LogP contribution in [0.4, 0.5) is 5.69 Å². The van der Waals surface area contributed by atoms with Gasteiger partial charge in [-0.3, -0.25) is 4.79 Å². The van der Waals surface area contributed by atoms with Gasteiger partial charge in [0.1, 0.15) is 0 Å². The molecule has 0 fully saturated rings. The summed E-state index contributed by atoms with van der Waals surface area (Å²) in [5, 5.41) is 7.46. The normalized spacial score (nSPS) is 11.0. The Kier molecular flexibility index (Phi) is 4.12. The highest BCUT2D eigenvalue weighted by molar-refractivity contribution is 5.94. The number of para-hydroxylation sites is 1. The topological polar surface area (TPSA) is 95.6 Å². The summed E-state index contributed by atoms with van der Waals surface area (Å²) in [6.45, 7) is 3.87. The highest BCUT2D eigenvalue weighted by Gasteiger charge is 2.16. The fraction of sp³-hybridized carbons (Fsp3) is 0.150. The van der Waals surface area contributed by atoms with Crippen LogP contribution in [0.3, 0.4) is 0 Å². The average molecular weight is 361 g/mol. The number of benzene rings is 2. The summed E-state index contributed by atoms with van der Waals surface area (Å²) in [5.74, 6) is -0.133. The molecular formula is C20H19N5O2. The lowest BCUT2D eigenvalue weighted by Gasteiger charge is -2.07. The second-order valence-electron chi connectivity index (χ2n) is 6.46. The number of fused-ring (bicyclic) bond motifs is 1. The van der Waals surface area contributed by atoms with Gasteiger partial charge in [-0.1, -0.05) is 18.2 Å². The van der Waals surface area contributed by atoms with Crippen molar-refractivity contribution in [1.82, 2.24) is 19.7 Å². The maximum absolute atomic E-state index is 12.5. The monoisotopic (exact) mass is 361 g/mol. The van der Waals surface area contributed by atoms with E-state index >= 15 is 0 Å². The van der Waals surface area contributed by atoms with E-state index in [9.17, 15) is 9.59 Å². The van der Waals surface area contributed by atoms with Gasteiger partial charge in [-0.05, 0) is 44.2 Å². The summed E-state index contributed by atoms with van der Waals surface area (Å²) < 4.78 is 1.86. The van der Waals surface area contributed by atoms with Crippen LogP contribution in [0.25, 0.3) is 16.7 Å². The molecule has 27 heavy (non-hydrogen) atoms. The van der Waals surface area contributed by atoms with E-state index in [2.05, 4.69) is 20.4 Å². The van der Waals surface area contributed by atoms with Crippen molar-refractivity contribution in [3.8, 4) is 5.69 Å². The number of anilines is 1. The van der Waals surface area contributed by atoms with E-state index in [1.54, 1.807) is 18.2 Å². The lowest BCUT2D eigenvalue weighted by molar-refractivity contribution is -0.115. The third-order valence-electron chi connectivity index (χ3n) is 4.58. The molecule has 1 amide bonds. The van der Waals surface area contributed by atoms with E-state index in [0.717, 1.165) is 22.6 Å². The van der Waals surface area contributed by atoms with E-state index in [1.165, 1.54) is 0 Å². The summed E-state index contributed by atoms with van der Waals surface area (Å²) >= 11 is 0. The van der Waals surface area contributed by atoms with Crippen LogP contribution in [0.15, 0.2) is 53.3 Å². The van der Waals surface area contributed by atoms with Crippen molar-refractivity contribution in [3.05, 3.63) is 76.0 Å². The molecule has 7 heteroatoms.